The van der Waals surface area contributed by atoms with E-state index in [2.05, 4.69) is 10.1 Å². The number of Topliss-reactive ketones (excluding diaryl/α,β-unsaturated/α-hetero) is 2. The van der Waals surface area contributed by atoms with Crippen molar-refractivity contribution in [1.82, 2.24) is 0 Å². The molecule has 0 spiro atoms. The maximum absolute atomic E-state index is 12.3. The van der Waals surface area contributed by atoms with Crippen molar-refractivity contribution in [3.8, 4) is 17.6 Å². The molecule has 0 aromatic heterocycles. The van der Waals surface area contributed by atoms with Gasteiger partial charge in [-0.25, -0.2) is 4.99 Å². The van der Waals surface area contributed by atoms with Gasteiger partial charge in [-0.1, -0.05) is 35.3 Å². The van der Waals surface area contributed by atoms with Crippen molar-refractivity contribution in [3.05, 3.63) is 63.7 Å². The molecule has 2 aliphatic rings. The molecule has 170 valence electrons. The Morgan fingerprint density at radius 3 is 2.41 bits per heavy atom. The van der Waals surface area contributed by atoms with Crippen molar-refractivity contribution in [3.63, 3.8) is 0 Å². The first-order valence-corrected chi connectivity index (χ1v) is 10.6. The van der Waals surface area contributed by atoms with Gasteiger partial charge < -0.3 is 9.84 Å². The number of phenolic OH excluding ortho intramolecular Hbond substituents is 1. The second-order valence-electron chi connectivity index (χ2n) is 7.30. The molecule has 2 aromatic carbocycles. The fraction of sp³-hybridized carbons (Fsp3) is 0.130. The highest BCUT2D eigenvalue weighted by Crippen LogP contribution is 2.38. The summed E-state index contributed by atoms with van der Waals surface area (Å²) in [5, 5.41) is 23.1. The number of nitriles is 1. The molecule has 34 heavy (non-hydrogen) atoms. The number of ether oxygens (including phenoxy) is 1. The van der Waals surface area contributed by atoms with Crippen molar-refractivity contribution in [2.75, 3.05) is 11.6 Å². The summed E-state index contributed by atoms with van der Waals surface area (Å²) in [5.41, 5.74) is 1.03. The van der Waals surface area contributed by atoms with Crippen LogP contribution in [0.5, 0.6) is 11.5 Å². The number of aliphatic imine (C=N–C) groups is 1. The van der Waals surface area contributed by atoms with Crippen molar-refractivity contribution in [2.24, 2.45) is 10.1 Å². The van der Waals surface area contributed by atoms with E-state index < -0.39 is 23.8 Å². The fourth-order valence-electron chi connectivity index (χ4n) is 3.24. The van der Waals surface area contributed by atoms with E-state index in [0.717, 1.165) is 10.6 Å². The SMILES string of the molecule is N#CC1=NN(c2cc(Cl)c(OC3=NCC(=O)C(Cc4ccc(O)cc4)=C3)c(Cl)c2)C(=O)CC1=O. The van der Waals surface area contributed by atoms with E-state index in [4.69, 9.17) is 33.2 Å². The number of ketones is 2. The van der Waals surface area contributed by atoms with Crippen LogP contribution < -0.4 is 9.75 Å². The normalized spacial score (nSPS) is 16.0. The zero-order valence-electron chi connectivity index (χ0n) is 17.3. The van der Waals surface area contributed by atoms with Crippen LogP contribution in [0.3, 0.4) is 0 Å². The highest BCUT2D eigenvalue weighted by atomic mass is 35.5. The molecule has 0 atom stereocenters. The van der Waals surface area contributed by atoms with Gasteiger partial charge in [0.1, 0.15) is 18.4 Å². The predicted octanol–water partition coefficient (Wildman–Crippen LogP) is 3.41. The highest BCUT2D eigenvalue weighted by Gasteiger charge is 2.29. The topological polar surface area (TPSA) is 132 Å². The van der Waals surface area contributed by atoms with Gasteiger partial charge in [-0.05, 0) is 29.8 Å². The minimum absolute atomic E-state index is 0.0222. The summed E-state index contributed by atoms with van der Waals surface area (Å²) in [4.78, 5) is 40.3. The second-order valence-corrected chi connectivity index (χ2v) is 8.11. The second kappa shape index (κ2) is 9.47. The molecule has 2 aliphatic heterocycles. The van der Waals surface area contributed by atoms with E-state index in [0.29, 0.717) is 12.0 Å². The Morgan fingerprint density at radius 1 is 1.09 bits per heavy atom. The Balaban J connectivity index is 1.58. The third-order valence-corrected chi connectivity index (χ3v) is 5.48. The molecule has 0 saturated carbocycles. The third kappa shape index (κ3) is 4.83. The molecule has 9 nitrogen and oxygen atoms in total. The van der Waals surface area contributed by atoms with Gasteiger partial charge in [0.2, 0.25) is 17.4 Å². The van der Waals surface area contributed by atoms with Crippen LogP contribution in [-0.4, -0.2) is 40.7 Å². The Bertz CT molecular complexity index is 1330. The smallest absolute Gasteiger partial charge is 0.255 e. The molecule has 0 fully saturated rings. The monoisotopic (exact) mass is 496 g/mol. The van der Waals surface area contributed by atoms with Gasteiger partial charge in [-0.2, -0.15) is 15.4 Å². The van der Waals surface area contributed by atoms with E-state index in [-0.39, 0.29) is 45.5 Å². The molecule has 1 N–H and O–H groups in total. The third-order valence-electron chi connectivity index (χ3n) is 4.92. The predicted molar refractivity (Wildman–Crippen MR) is 124 cm³/mol. The number of hydrazone groups is 1. The molecule has 0 bridgehead atoms. The first-order valence-electron chi connectivity index (χ1n) is 9.83. The van der Waals surface area contributed by atoms with E-state index in [1.54, 1.807) is 18.2 Å². The lowest BCUT2D eigenvalue weighted by Crippen LogP contribution is -2.36. The minimum Gasteiger partial charge on any atom is -0.508 e. The Labute approximate surface area is 203 Å². The number of carbonyl (C=O) groups is 3. The maximum atomic E-state index is 12.3. The molecule has 2 aromatic rings. The van der Waals surface area contributed by atoms with Gasteiger partial charge in [0.15, 0.2) is 11.5 Å². The molecular weight excluding hydrogens is 483 g/mol. The van der Waals surface area contributed by atoms with Crippen molar-refractivity contribution < 1.29 is 24.2 Å². The van der Waals surface area contributed by atoms with Gasteiger partial charge >= 0.3 is 0 Å². The van der Waals surface area contributed by atoms with Crippen molar-refractivity contribution in [2.45, 2.75) is 12.8 Å². The summed E-state index contributed by atoms with van der Waals surface area (Å²) >= 11 is 12.7. The number of aromatic hydroxyl groups is 1. The minimum atomic E-state index is -0.666. The molecule has 0 unspecified atom stereocenters. The first kappa shape index (κ1) is 23.2. The van der Waals surface area contributed by atoms with Gasteiger partial charge in [0, 0.05) is 18.1 Å². The summed E-state index contributed by atoms with van der Waals surface area (Å²) in [6.07, 6.45) is 1.30. The number of dihydropyridines is 1. The molecule has 11 heteroatoms. The molecule has 0 radical (unpaired) electrons. The van der Waals surface area contributed by atoms with Gasteiger partial charge in [-0.15, -0.1) is 0 Å². The Morgan fingerprint density at radius 2 is 1.76 bits per heavy atom. The number of anilines is 1. The maximum Gasteiger partial charge on any atom is 0.255 e. The summed E-state index contributed by atoms with van der Waals surface area (Å²) in [6.45, 7) is -0.117. The molecule has 0 saturated heterocycles. The molecule has 2 heterocycles. The summed E-state index contributed by atoms with van der Waals surface area (Å²) in [7, 11) is 0. The number of amides is 1. The van der Waals surface area contributed by atoms with Crippen LogP contribution in [0.25, 0.3) is 0 Å². The number of nitrogens with zero attached hydrogens (tertiary/aromatic N) is 4. The van der Waals surface area contributed by atoms with E-state index >= 15 is 0 Å². The lowest BCUT2D eigenvalue weighted by atomic mass is 10.00. The molecule has 0 aliphatic carbocycles. The average molecular weight is 497 g/mol. The number of benzene rings is 2. The quantitative estimate of drug-likeness (QED) is 0.644. The van der Waals surface area contributed by atoms with E-state index in [1.165, 1.54) is 30.3 Å². The Hall–Kier alpha value is -4.00. The van der Waals surface area contributed by atoms with Crippen LogP contribution in [-0.2, 0) is 20.8 Å². The van der Waals surface area contributed by atoms with Crippen LogP contribution in [0.1, 0.15) is 12.0 Å². The van der Waals surface area contributed by atoms with Gasteiger partial charge in [-0.3, -0.25) is 14.4 Å². The number of phenols is 1. The lowest BCUT2D eigenvalue weighted by Gasteiger charge is -2.22. The zero-order valence-corrected chi connectivity index (χ0v) is 18.8. The molecule has 1 amide bonds. The highest BCUT2D eigenvalue weighted by molar-refractivity contribution is 6.50. The Kier molecular flexibility index (Phi) is 6.45. The van der Waals surface area contributed by atoms with Gasteiger partial charge in [0.25, 0.3) is 5.91 Å². The van der Waals surface area contributed by atoms with Crippen LogP contribution in [0, 0.1) is 11.3 Å². The summed E-state index contributed by atoms with van der Waals surface area (Å²) in [5.74, 6) is -1.18. The largest absolute Gasteiger partial charge is 0.508 e. The molecule has 4 rings (SSSR count). The number of halogens is 2. The van der Waals surface area contributed by atoms with Crippen molar-refractivity contribution in [1.29, 1.82) is 5.26 Å². The zero-order chi connectivity index (χ0) is 24.4. The number of rotatable bonds is 4. The number of carbonyl (C=O) groups excluding carboxylic acids is 3. The van der Waals surface area contributed by atoms with Crippen LogP contribution >= 0.6 is 23.2 Å². The summed E-state index contributed by atoms with van der Waals surface area (Å²) in [6, 6.07) is 10.8. The number of hydrogen-bond donors (Lipinski definition) is 1. The van der Waals surface area contributed by atoms with Crippen LogP contribution in [0.2, 0.25) is 10.0 Å². The number of hydrogen-bond acceptors (Lipinski definition) is 8. The fourth-order valence-corrected chi connectivity index (χ4v) is 3.79. The van der Waals surface area contributed by atoms with Gasteiger partial charge in [0.05, 0.1) is 22.2 Å². The lowest BCUT2D eigenvalue weighted by molar-refractivity contribution is -0.124. The van der Waals surface area contributed by atoms with E-state index in [9.17, 15) is 19.5 Å². The van der Waals surface area contributed by atoms with Crippen LogP contribution in [0.15, 0.2) is 58.1 Å². The standard InChI is InChI=1S/C23H14Cl2N4O5/c24-16-7-14(29-22(33)9-19(31)18(10-26)28-29)8-17(25)23(16)34-21-6-13(20(32)11-27-21)5-12-1-3-15(30)4-2-12/h1-4,6-8,30H,5,9,11H2. The summed E-state index contributed by atoms with van der Waals surface area (Å²) < 4.78 is 5.75. The molecular formula is C23H14Cl2N4O5. The van der Waals surface area contributed by atoms with E-state index in [1.807, 2.05) is 0 Å². The first-order chi connectivity index (χ1) is 16.2. The van der Waals surface area contributed by atoms with Crippen LogP contribution in [0.4, 0.5) is 5.69 Å². The van der Waals surface area contributed by atoms with Crippen molar-refractivity contribution >= 4 is 58.0 Å². The average Bonchev–Trinajstić information content (AvgIpc) is 2.80.